The first-order chi connectivity index (χ1) is 10.3. The van der Waals surface area contributed by atoms with Crippen molar-refractivity contribution in [3.05, 3.63) is 70.5 Å². The molecule has 0 fully saturated rings. The summed E-state index contributed by atoms with van der Waals surface area (Å²) in [6.45, 7) is 0.444. The summed E-state index contributed by atoms with van der Waals surface area (Å²) in [5.74, 6) is 0.637. The Balaban J connectivity index is 2.06. The van der Waals surface area contributed by atoms with Crippen molar-refractivity contribution in [1.82, 2.24) is 0 Å². The SMILES string of the molecule is N#Cc1ccccc1C[n+]1c(-c2ccccc2)osc1=N. The third-order valence-electron chi connectivity index (χ3n) is 3.18. The Morgan fingerprint density at radius 3 is 2.57 bits per heavy atom. The second kappa shape index (κ2) is 5.73. The highest BCUT2D eigenvalue weighted by molar-refractivity contribution is 6.99. The van der Waals surface area contributed by atoms with Gasteiger partial charge in [-0.05, 0) is 18.2 Å². The van der Waals surface area contributed by atoms with E-state index in [-0.39, 0.29) is 0 Å². The Morgan fingerprint density at radius 2 is 1.81 bits per heavy atom. The van der Waals surface area contributed by atoms with Crippen LogP contribution in [-0.2, 0) is 6.54 Å². The molecule has 1 aromatic heterocycles. The van der Waals surface area contributed by atoms with Crippen LogP contribution in [0, 0.1) is 16.7 Å². The van der Waals surface area contributed by atoms with Crippen LogP contribution in [0.15, 0.2) is 58.4 Å². The molecule has 0 saturated heterocycles. The molecule has 0 radical (unpaired) electrons. The smallest absolute Gasteiger partial charge is 0.354 e. The molecule has 1 heterocycles. The number of rotatable bonds is 3. The second-order valence-corrected chi connectivity index (χ2v) is 5.22. The van der Waals surface area contributed by atoms with Crippen molar-refractivity contribution < 1.29 is 8.42 Å². The van der Waals surface area contributed by atoms with Gasteiger partial charge >= 0.3 is 10.7 Å². The van der Waals surface area contributed by atoms with E-state index in [0.717, 1.165) is 22.8 Å². The van der Waals surface area contributed by atoms with E-state index in [9.17, 15) is 5.26 Å². The maximum Gasteiger partial charge on any atom is 0.411 e. The van der Waals surface area contributed by atoms with Crippen molar-refractivity contribution in [1.29, 1.82) is 10.7 Å². The van der Waals surface area contributed by atoms with Gasteiger partial charge in [0.2, 0.25) is 0 Å². The van der Waals surface area contributed by atoms with Crippen LogP contribution in [0.1, 0.15) is 11.1 Å². The maximum atomic E-state index is 9.18. The number of nitrogens with one attached hydrogen (secondary N) is 1. The average Bonchev–Trinajstić information content (AvgIpc) is 2.90. The largest absolute Gasteiger partial charge is 0.411 e. The summed E-state index contributed by atoms with van der Waals surface area (Å²) in [6, 6.07) is 19.3. The van der Waals surface area contributed by atoms with Gasteiger partial charge in [-0.3, -0.25) is 0 Å². The summed E-state index contributed by atoms with van der Waals surface area (Å²) in [4.78, 5) is 0.321. The molecule has 0 aliphatic carbocycles. The van der Waals surface area contributed by atoms with Crippen LogP contribution in [0.3, 0.4) is 0 Å². The molecule has 5 heteroatoms. The van der Waals surface area contributed by atoms with Gasteiger partial charge in [0.15, 0.2) is 0 Å². The van der Waals surface area contributed by atoms with Gasteiger partial charge in [0.05, 0.1) is 17.2 Å². The predicted octanol–water partition coefficient (Wildman–Crippen LogP) is 2.70. The first-order valence-corrected chi connectivity index (χ1v) is 7.15. The Morgan fingerprint density at radius 1 is 1.10 bits per heavy atom. The fraction of sp³-hybridized carbons (Fsp3) is 0.0625. The molecule has 0 spiro atoms. The van der Waals surface area contributed by atoms with Crippen molar-refractivity contribution in [2.45, 2.75) is 6.54 Å². The maximum absolute atomic E-state index is 9.18. The van der Waals surface area contributed by atoms with Crippen LogP contribution in [0.2, 0.25) is 0 Å². The highest BCUT2D eigenvalue weighted by Gasteiger charge is 2.19. The van der Waals surface area contributed by atoms with Crippen LogP contribution < -0.4 is 9.37 Å². The van der Waals surface area contributed by atoms with E-state index >= 15 is 0 Å². The number of nitriles is 1. The van der Waals surface area contributed by atoms with E-state index < -0.39 is 0 Å². The van der Waals surface area contributed by atoms with E-state index in [0.29, 0.717) is 22.8 Å². The molecule has 0 bridgehead atoms. The lowest BCUT2D eigenvalue weighted by Crippen LogP contribution is -2.48. The molecule has 0 amide bonds. The van der Waals surface area contributed by atoms with Gasteiger partial charge in [-0.15, -0.1) is 0 Å². The molecule has 1 N–H and O–H groups in total. The number of benzene rings is 2. The van der Waals surface area contributed by atoms with Gasteiger partial charge < -0.3 is 3.85 Å². The molecule has 21 heavy (non-hydrogen) atoms. The van der Waals surface area contributed by atoms with Crippen LogP contribution in [0.25, 0.3) is 11.5 Å². The van der Waals surface area contributed by atoms with E-state index in [1.54, 1.807) is 10.6 Å². The van der Waals surface area contributed by atoms with Gasteiger partial charge in [0.25, 0.3) is 0 Å². The molecule has 0 saturated carbocycles. The van der Waals surface area contributed by atoms with Crippen LogP contribution in [-0.4, -0.2) is 0 Å². The van der Waals surface area contributed by atoms with Gasteiger partial charge in [0, 0.05) is 5.56 Å². The molecule has 2 aromatic carbocycles. The first kappa shape index (κ1) is 13.3. The normalized spacial score (nSPS) is 10.2. The van der Waals surface area contributed by atoms with E-state index in [1.807, 2.05) is 48.5 Å². The lowest BCUT2D eigenvalue weighted by atomic mass is 10.1. The van der Waals surface area contributed by atoms with Crippen LogP contribution in [0.4, 0.5) is 0 Å². The summed E-state index contributed by atoms with van der Waals surface area (Å²) in [5, 5.41) is 17.2. The Bertz CT molecular complexity index is 859. The topological polar surface area (TPSA) is 64.7 Å². The van der Waals surface area contributed by atoms with Gasteiger partial charge in [-0.25, -0.2) is 0 Å². The van der Waals surface area contributed by atoms with Crippen molar-refractivity contribution in [2.24, 2.45) is 0 Å². The highest BCUT2D eigenvalue weighted by atomic mass is 32.1. The minimum Gasteiger partial charge on any atom is -0.354 e. The second-order valence-electron chi connectivity index (χ2n) is 4.50. The van der Waals surface area contributed by atoms with Gasteiger partial charge in [-0.2, -0.15) is 9.83 Å². The number of hydrogen-bond acceptors (Lipinski definition) is 4. The van der Waals surface area contributed by atoms with E-state index in [2.05, 4.69) is 6.07 Å². The monoisotopic (exact) mass is 294 g/mol. The summed E-state index contributed by atoms with van der Waals surface area (Å²) >= 11 is 1.03. The predicted molar refractivity (Wildman–Crippen MR) is 78.3 cm³/mol. The minimum absolute atomic E-state index is 0.321. The first-order valence-electron chi connectivity index (χ1n) is 6.40. The summed E-state index contributed by atoms with van der Waals surface area (Å²) in [5.41, 5.74) is 2.42. The summed E-state index contributed by atoms with van der Waals surface area (Å²) in [6.07, 6.45) is 0. The third-order valence-corrected chi connectivity index (χ3v) is 3.80. The number of nitrogens with zero attached hydrogens (tertiary/aromatic N) is 2. The quantitative estimate of drug-likeness (QED) is 0.755. The lowest BCUT2D eigenvalue weighted by molar-refractivity contribution is -0.694. The van der Waals surface area contributed by atoms with E-state index in [1.165, 1.54) is 0 Å². The zero-order valence-electron chi connectivity index (χ0n) is 11.1. The van der Waals surface area contributed by atoms with Crippen molar-refractivity contribution in [3.8, 4) is 17.5 Å². The molecule has 3 rings (SSSR count). The van der Waals surface area contributed by atoms with Gasteiger partial charge in [0.1, 0.15) is 18.2 Å². The molecular formula is C16H12N3OS+. The minimum atomic E-state index is 0.321. The zero-order valence-corrected chi connectivity index (χ0v) is 11.9. The summed E-state index contributed by atoms with van der Waals surface area (Å²) in [7, 11) is 0. The fourth-order valence-electron chi connectivity index (χ4n) is 2.13. The van der Waals surface area contributed by atoms with Gasteiger partial charge in [-0.1, -0.05) is 41.8 Å². The zero-order chi connectivity index (χ0) is 14.7. The highest BCUT2D eigenvalue weighted by Crippen LogP contribution is 2.16. The Labute approximate surface area is 125 Å². The average molecular weight is 294 g/mol. The lowest BCUT2D eigenvalue weighted by Gasteiger charge is -2.02. The molecular weight excluding hydrogens is 282 g/mol. The van der Waals surface area contributed by atoms with Crippen molar-refractivity contribution in [3.63, 3.8) is 0 Å². The van der Waals surface area contributed by atoms with E-state index in [4.69, 9.17) is 9.26 Å². The molecule has 102 valence electrons. The third kappa shape index (κ3) is 2.62. The Kier molecular flexibility index (Phi) is 3.63. The Hall–Kier alpha value is -2.71. The molecule has 4 nitrogen and oxygen atoms in total. The molecule has 0 atom stereocenters. The van der Waals surface area contributed by atoms with Crippen LogP contribution in [0.5, 0.6) is 0 Å². The summed E-state index contributed by atoms with van der Waals surface area (Å²) < 4.78 is 7.34. The van der Waals surface area contributed by atoms with Crippen molar-refractivity contribution >= 4 is 11.6 Å². The molecule has 0 aliphatic heterocycles. The van der Waals surface area contributed by atoms with Crippen LogP contribution >= 0.6 is 11.6 Å². The fourth-order valence-corrected chi connectivity index (χ4v) is 2.71. The van der Waals surface area contributed by atoms with Crippen molar-refractivity contribution in [2.75, 3.05) is 0 Å². The number of hydrogen-bond donors (Lipinski definition) is 1. The standard InChI is InChI=1S/C16H12N3OS/c17-10-13-8-4-5-9-14(13)11-19-15(20-21-16(19)18)12-6-2-1-3-7-12/h1-9,18H,11H2/q+1. The number of aromatic nitrogens is 1. The molecule has 0 unspecified atom stereocenters. The molecule has 3 aromatic rings. The molecule has 0 aliphatic rings.